The number of anilines is 1. The highest BCUT2D eigenvalue weighted by atomic mass is 35.5. The lowest BCUT2D eigenvalue weighted by Gasteiger charge is -2.40. The van der Waals surface area contributed by atoms with Gasteiger partial charge in [-0.15, -0.1) is 0 Å². The molecule has 24 heavy (non-hydrogen) atoms. The second-order valence-electron chi connectivity index (χ2n) is 7.32. The number of hydrogen-bond acceptors (Lipinski definition) is 5. The predicted octanol–water partition coefficient (Wildman–Crippen LogP) is 4.08. The average molecular weight is 356 g/mol. The molecule has 0 bridgehead atoms. The van der Waals surface area contributed by atoms with Gasteiger partial charge >= 0.3 is 6.09 Å². The van der Waals surface area contributed by atoms with Gasteiger partial charge in [-0.2, -0.15) is 0 Å². The van der Waals surface area contributed by atoms with E-state index < -0.39 is 11.7 Å². The summed E-state index contributed by atoms with van der Waals surface area (Å²) in [6.45, 7) is 10.3. The lowest BCUT2D eigenvalue weighted by molar-refractivity contribution is -0.0302. The van der Waals surface area contributed by atoms with E-state index in [2.05, 4.69) is 23.8 Å². The molecule has 0 aromatic carbocycles. The molecular weight excluding hydrogens is 330 g/mol. The molecule has 2 heterocycles. The van der Waals surface area contributed by atoms with E-state index >= 15 is 0 Å². The minimum Gasteiger partial charge on any atom is -0.443 e. The van der Waals surface area contributed by atoms with E-state index in [4.69, 9.17) is 21.1 Å². The molecule has 0 N–H and O–H groups in total. The third kappa shape index (κ3) is 4.80. The highest BCUT2D eigenvalue weighted by molar-refractivity contribution is 6.29. The van der Waals surface area contributed by atoms with Crippen molar-refractivity contribution >= 4 is 23.6 Å². The first-order valence-electron chi connectivity index (χ1n) is 8.31. The van der Waals surface area contributed by atoms with Crippen LogP contribution < -0.4 is 4.90 Å². The molecule has 2 unspecified atom stereocenters. The van der Waals surface area contributed by atoms with Crippen molar-refractivity contribution in [3.8, 4) is 0 Å². The summed E-state index contributed by atoms with van der Waals surface area (Å²) in [6, 6.07) is 1.39. The molecule has 7 heteroatoms. The number of nitrogens with zero attached hydrogens (tertiary/aromatic N) is 3. The van der Waals surface area contributed by atoms with Gasteiger partial charge in [-0.05, 0) is 45.6 Å². The average Bonchev–Trinajstić information content (AvgIpc) is 2.46. The molecule has 1 aromatic rings. The molecule has 0 saturated carbocycles. The summed E-state index contributed by atoms with van der Waals surface area (Å²) in [5.41, 5.74) is -0.614. The Balaban J connectivity index is 2.39. The van der Waals surface area contributed by atoms with E-state index in [-0.39, 0.29) is 29.2 Å². The summed E-state index contributed by atoms with van der Waals surface area (Å²) >= 11 is 6.00. The van der Waals surface area contributed by atoms with Crippen molar-refractivity contribution in [3.05, 3.63) is 17.4 Å². The SMILES string of the molecule is CC(C)C1OCCCC1N(C(=O)OC(C)(C)C)c1nccc(Cl)n1. The Kier molecular flexibility index (Phi) is 6.04. The van der Waals surface area contributed by atoms with Gasteiger partial charge in [-0.25, -0.2) is 19.7 Å². The van der Waals surface area contributed by atoms with Crippen molar-refractivity contribution in [1.82, 2.24) is 9.97 Å². The van der Waals surface area contributed by atoms with E-state index in [0.717, 1.165) is 12.8 Å². The normalized spacial score (nSPS) is 21.6. The zero-order chi connectivity index (χ0) is 17.9. The van der Waals surface area contributed by atoms with Gasteiger partial charge < -0.3 is 9.47 Å². The van der Waals surface area contributed by atoms with E-state index in [1.54, 1.807) is 6.07 Å². The Hall–Kier alpha value is -1.40. The summed E-state index contributed by atoms with van der Waals surface area (Å²) in [5, 5.41) is 0.284. The van der Waals surface area contributed by atoms with Gasteiger partial charge in [0.05, 0.1) is 12.1 Å². The largest absolute Gasteiger partial charge is 0.443 e. The van der Waals surface area contributed by atoms with Crippen molar-refractivity contribution < 1.29 is 14.3 Å². The van der Waals surface area contributed by atoms with Crippen LogP contribution >= 0.6 is 11.6 Å². The van der Waals surface area contributed by atoms with Crippen LogP contribution in [0.1, 0.15) is 47.5 Å². The zero-order valence-electron chi connectivity index (χ0n) is 15.0. The maximum Gasteiger partial charge on any atom is 0.417 e. The number of halogens is 1. The van der Waals surface area contributed by atoms with Gasteiger partial charge in [0, 0.05) is 12.8 Å². The molecule has 1 aliphatic heterocycles. The van der Waals surface area contributed by atoms with E-state index in [1.807, 2.05) is 20.8 Å². The van der Waals surface area contributed by atoms with Crippen molar-refractivity contribution in [2.24, 2.45) is 5.92 Å². The van der Waals surface area contributed by atoms with Crippen molar-refractivity contribution in [2.75, 3.05) is 11.5 Å². The van der Waals surface area contributed by atoms with Crippen LogP contribution in [0.5, 0.6) is 0 Å². The fourth-order valence-electron chi connectivity index (χ4n) is 2.82. The summed E-state index contributed by atoms with van der Waals surface area (Å²) in [4.78, 5) is 22.8. The Morgan fingerprint density at radius 1 is 1.46 bits per heavy atom. The molecule has 0 spiro atoms. The summed E-state index contributed by atoms with van der Waals surface area (Å²) < 4.78 is 11.5. The molecule has 2 rings (SSSR count). The fraction of sp³-hybridized carbons (Fsp3) is 0.706. The summed E-state index contributed by atoms with van der Waals surface area (Å²) in [5.74, 6) is 0.498. The number of ether oxygens (including phenoxy) is 2. The Labute approximate surface area is 148 Å². The molecule has 1 saturated heterocycles. The van der Waals surface area contributed by atoms with Crippen molar-refractivity contribution in [2.45, 2.75) is 65.2 Å². The van der Waals surface area contributed by atoms with Crippen LogP contribution in [0.15, 0.2) is 12.3 Å². The summed E-state index contributed by atoms with van der Waals surface area (Å²) in [6.07, 6.45) is 2.63. The minimum atomic E-state index is -0.614. The van der Waals surface area contributed by atoms with Crippen LogP contribution in [0.3, 0.4) is 0 Å². The number of carbonyl (C=O) groups is 1. The first kappa shape index (κ1) is 18.9. The maximum atomic E-state index is 12.9. The number of carbonyl (C=O) groups excluding carboxylic acids is 1. The predicted molar refractivity (Wildman–Crippen MR) is 93.4 cm³/mol. The number of amides is 1. The van der Waals surface area contributed by atoms with Gasteiger partial charge in [0.2, 0.25) is 5.95 Å². The monoisotopic (exact) mass is 355 g/mol. The topological polar surface area (TPSA) is 64.5 Å². The van der Waals surface area contributed by atoms with Crippen LogP contribution in [0.25, 0.3) is 0 Å². The van der Waals surface area contributed by atoms with E-state index in [0.29, 0.717) is 6.61 Å². The highest BCUT2D eigenvalue weighted by Crippen LogP contribution is 2.29. The van der Waals surface area contributed by atoms with Crippen LogP contribution in [-0.2, 0) is 9.47 Å². The second kappa shape index (κ2) is 7.66. The first-order valence-corrected chi connectivity index (χ1v) is 8.69. The van der Waals surface area contributed by atoms with Crippen LogP contribution in [-0.4, -0.2) is 40.4 Å². The van der Waals surface area contributed by atoms with Crippen LogP contribution in [0.4, 0.5) is 10.7 Å². The van der Waals surface area contributed by atoms with Gasteiger partial charge in [0.1, 0.15) is 10.8 Å². The zero-order valence-corrected chi connectivity index (χ0v) is 15.7. The van der Waals surface area contributed by atoms with Crippen molar-refractivity contribution in [1.29, 1.82) is 0 Å². The number of aromatic nitrogens is 2. The second-order valence-corrected chi connectivity index (χ2v) is 7.71. The molecule has 0 aliphatic carbocycles. The van der Waals surface area contributed by atoms with E-state index in [9.17, 15) is 4.79 Å². The molecule has 134 valence electrons. The van der Waals surface area contributed by atoms with Gasteiger partial charge in [-0.3, -0.25) is 0 Å². The summed E-state index contributed by atoms with van der Waals surface area (Å²) in [7, 11) is 0. The standard InChI is InChI=1S/C17H26ClN3O3/c1-11(2)14-12(7-6-10-23-14)21(16(22)24-17(3,4)5)15-19-9-8-13(18)20-15/h8-9,11-12,14H,6-7,10H2,1-5H3. The highest BCUT2D eigenvalue weighted by Gasteiger charge is 2.39. The lowest BCUT2D eigenvalue weighted by Crippen LogP contribution is -2.54. The Morgan fingerprint density at radius 2 is 2.17 bits per heavy atom. The molecule has 0 radical (unpaired) electrons. The van der Waals surface area contributed by atoms with Gasteiger partial charge in [0.25, 0.3) is 0 Å². The lowest BCUT2D eigenvalue weighted by atomic mass is 9.92. The van der Waals surface area contributed by atoms with Gasteiger partial charge in [0.15, 0.2) is 0 Å². The molecule has 1 aliphatic rings. The number of hydrogen-bond donors (Lipinski definition) is 0. The minimum absolute atomic E-state index is 0.103. The fourth-order valence-corrected chi connectivity index (χ4v) is 2.95. The van der Waals surface area contributed by atoms with Crippen LogP contribution in [0, 0.1) is 5.92 Å². The molecule has 6 nitrogen and oxygen atoms in total. The maximum absolute atomic E-state index is 12.9. The van der Waals surface area contributed by atoms with Crippen molar-refractivity contribution in [3.63, 3.8) is 0 Å². The van der Waals surface area contributed by atoms with Gasteiger partial charge in [-0.1, -0.05) is 25.4 Å². The molecular formula is C17H26ClN3O3. The molecule has 2 atom stereocenters. The third-order valence-corrected chi connectivity index (χ3v) is 3.95. The number of rotatable bonds is 3. The Morgan fingerprint density at radius 3 is 2.75 bits per heavy atom. The molecule has 1 aromatic heterocycles. The van der Waals surface area contributed by atoms with Crippen LogP contribution in [0.2, 0.25) is 5.15 Å². The van der Waals surface area contributed by atoms with E-state index in [1.165, 1.54) is 11.1 Å². The molecule has 1 amide bonds. The smallest absolute Gasteiger partial charge is 0.417 e. The first-order chi connectivity index (χ1) is 11.2. The third-order valence-electron chi connectivity index (χ3n) is 3.74. The molecule has 1 fully saturated rings. The Bertz CT molecular complexity index is 574. The quantitative estimate of drug-likeness (QED) is 0.764.